The van der Waals surface area contributed by atoms with Gasteiger partial charge in [-0.3, -0.25) is 0 Å². The molecule has 0 bridgehead atoms. The minimum Gasteiger partial charge on any atom is -0.381 e. The van der Waals surface area contributed by atoms with Crippen molar-refractivity contribution in [2.45, 2.75) is 6.92 Å². The lowest BCUT2D eigenvalue weighted by molar-refractivity contribution is 0.870. The monoisotopic (exact) mass is 214 g/mol. The van der Waals surface area contributed by atoms with Crippen LogP contribution in [0.15, 0.2) is 11.6 Å². The van der Waals surface area contributed by atoms with Gasteiger partial charge in [0.05, 0.1) is 11.9 Å². The molecule has 0 aromatic carbocycles. The van der Waals surface area contributed by atoms with E-state index in [9.17, 15) is 0 Å². The molecule has 6 heteroatoms. The SMILES string of the molecule is Cc1csc(-n2cc(Cl)c(N)n2)n1. The number of nitrogens with zero attached hydrogens (tertiary/aromatic N) is 3. The van der Waals surface area contributed by atoms with E-state index in [1.165, 1.54) is 11.3 Å². The van der Waals surface area contributed by atoms with Crippen LogP contribution in [-0.2, 0) is 0 Å². The first-order valence-corrected chi connectivity index (χ1v) is 4.86. The number of rotatable bonds is 1. The first-order valence-electron chi connectivity index (χ1n) is 3.60. The Balaban J connectivity index is 2.46. The van der Waals surface area contributed by atoms with Gasteiger partial charge in [0.1, 0.15) is 5.02 Å². The van der Waals surface area contributed by atoms with Gasteiger partial charge in [0.25, 0.3) is 0 Å². The average molecular weight is 215 g/mol. The number of hydrogen-bond donors (Lipinski definition) is 1. The third-order valence-corrected chi connectivity index (χ3v) is 2.74. The van der Waals surface area contributed by atoms with Crippen molar-refractivity contribution < 1.29 is 0 Å². The summed E-state index contributed by atoms with van der Waals surface area (Å²) in [5.41, 5.74) is 6.46. The summed E-state index contributed by atoms with van der Waals surface area (Å²) in [5, 5.41) is 7.18. The number of aromatic nitrogens is 3. The van der Waals surface area contributed by atoms with Crippen LogP contribution in [-0.4, -0.2) is 14.8 Å². The van der Waals surface area contributed by atoms with Crippen molar-refractivity contribution in [3.05, 3.63) is 22.3 Å². The van der Waals surface area contributed by atoms with E-state index in [-0.39, 0.29) is 0 Å². The molecule has 2 aromatic rings. The van der Waals surface area contributed by atoms with Crippen LogP contribution >= 0.6 is 22.9 Å². The smallest absolute Gasteiger partial charge is 0.210 e. The maximum absolute atomic E-state index is 5.75. The molecule has 0 fully saturated rings. The van der Waals surface area contributed by atoms with Crippen molar-refractivity contribution in [3.8, 4) is 5.13 Å². The standard InChI is InChI=1S/C7H7ClN4S/c1-4-3-13-7(10-4)12-2-5(8)6(9)11-12/h2-3H,1H3,(H2,9,11). The Morgan fingerprint density at radius 3 is 2.85 bits per heavy atom. The molecule has 0 aliphatic rings. The molecule has 0 spiro atoms. The molecule has 0 amide bonds. The summed E-state index contributed by atoms with van der Waals surface area (Å²) in [4.78, 5) is 4.24. The quantitative estimate of drug-likeness (QED) is 0.789. The van der Waals surface area contributed by atoms with Crippen LogP contribution in [0.4, 0.5) is 5.82 Å². The van der Waals surface area contributed by atoms with Crippen molar-refractivity contribution in [2.24, 2.45) is 0 Å². The zero-order valence-corrected chi connectivity index (χ0v) is 8.43. The maximum Gasteiger partial charge on any atom is 0.210 e. The molecule has 2 aromatic heterocycles. The molecule has 2 rings (SSSR count). The van der Waals surface area contributed by atoms with Gasteiger partial charge in [0.15, 0.2) is 5.82 Å². The highest BCUT2D eigenvalue weighted by molar-refractivity contribution is 7.12. The molecular formula is C7H7ClN4S. The number of hydrogen-bond acceptors (Lipinski definition) is 4. The molecular weight excluding hydrogens is 208 g/mol. The first-order chi connectivity index (χ1) is 6.16. The summed E-state index contributed by atoms with van der Waals surface area (Å²) in [6.07, 6.45) is 1.65. The summed E-state index contributed by atoms with van der Waals surface area (Å²) in [6.45, 7) is 1.93. The van der Waals surface area contributed by atoms with Crippen molar-refractivity contribution in [3.63, 3.8) is 0 Å². The molecule has 4 nitrogen and oxygen atoms in total. The van der Waals surface area contributed by atoms with Crippen LogP contribution in [0, 0.1) is 6.92 Å². The highest BCUT2D eigenvalue weighted by Crippen LogP contribution is 2.20. The molecule has 0 atom stereocenters. The van der Waals surface area contributed by atoms with E-state index in [2.05, 4.69) is 10.1 Å². The van der Waals surface area contributed by atoms with E-state index in [1.807, 2.05) is 12.3 Å². The highest BCUT2D eigenvalue weighted by atomic mass is 35.5. The predicted molar refractivity (Wildman–Crippen MR) is 53.4 cm³/mol. The van der Waals surface area contributed by atoms with Crippen LogP contribution in [0.2, 0.25) is 5.02 Å². The molecule has 0 radical (unpaired) electrons. The molecule has 2 N–H and O–H groups in total. The number of nitrogens with two attached hydrogens (primary N) is 1. The summed E-state index contributed by atoms with van der Waals surface area (Å²) >= 11 is 7.25. The van der Waals surface area contributed by atoms with Gasteiger partial charge in [0, 0.05) is 5.38 Å². The van der Waals surface area contributed by atoms with Gasteiger partial charge in [-0.15, -0.1) is 16.4 Å². The molecule has 2 heterocycles. The van der Waals surface area contributed by atoms with Gasteiger partial charge < -0.3 is 5.73 Å². The zero-order valence-electron chi connectivity index (χ0n) is 6.86. The Morgan fingerprint density at radius 1 is 1.62 bits per heavy atom. The molecule has 0 saturated heterocycles. The second kappa shape index (κ2) is 3.01. The lowest BCUT2D eigenvalue weighted by Gasteiger charge is -1.91. The Morgan fingerprint density at radius 2 is 2.38 bits per heavy atom. The van der Waals surface area contributed by atoms with E-state index in [0.29, 0.717) is 10.8 Å². The Bertz CT molecular complexity index is 414. The van der Waals surface area contributed by atoms with Gasteiger partial charge in [-0.25, -0.2) is 9.67 Å². The maximum atomic E-state index is 5.75. The van der Waals surface area contributed by atoms with Crippen molar-refractivity contribution in [1.29, 1.82) is 0 Å². The number of aryl methyl sites for hydroxylation is 1. The fourth-order valence-corrected chi connectivity index (χ4v) is 1.77. The van der Waals surface area contributed by atoms with Gasteiger partial charge in [-0.05, 0) is 6.92 Å². The van der Waals surface area contributed by atoms with Crippen LogP contribution in [0.25, 0.3) is 5.13 Å². The molecule has 0 aliphatic heterocycles. The zero-order chi connectivity index (χ0) is 9.42. The molecule has 0 aliphatic carbocycles. The fraction of sp³-hybridized carbons (Fsp3) is 0.143. The van der Waals surface area contributed by atoms with Crippen LogP contribution in [0.1, 0.15) is 5.69 Å². The van der Waals surface area contributed by atoms with E-state index in [1.54, 1.807) is 10.9 Å². The van der Waals surface area contributed by atoms with E-state index < -0.39 is 0 Å². The third-order valence-electron chi connectivity index (χ3n) is 1.50. The average Bonchev–Trinajstić information content (AvgIpc) is 2.61. The number of thiazole rings is 1. The second-order valence-corrected chi connectivity index (χ2v) is 3.82. The Hall–Kier alpha value is -1.07. The minimum atomic E-state index is 0.328. The van der Waals surface area contributed by atoms with Crippen LogP contribution in [0.3, 0.4) is 0 Å². The highest BCUT2D eigenvalue weighted by Gasteiger charge is 2.06. The van der Waals surface area contributed by atoms with E-state index in [4.69, 9.17) is 17.3 Å². The molecule has 0 unspecified atom stereocenters. The van der Waals surface area contributed by atoms with Crippen LogP contribution < -0.4 is 5.73 Å². The lowest BCUT2D eigenvalue weighted by atomic mass is 10.6. The Labute approximate surface area is 84.0 Å². The topological polar surface area (TPSA) is 56.7 Å². The predicted octanol–water partition coefficient (Wildman–Crippen LogP) is 1.87. The van der Waals surface area contributed by atoms with Crippen molar-refractivity contribution in [1.82, 2.24) is 14.8 Å². The van der Waals surface area contributed by atoms with E-state index in [0.717, 1.165) is 10.8 Å². The van der Waals surface area contributed by atoms with Crippen LogP contribution in [0.5, 0.6) is 0 Å². The third kappa shape index (κ3) is 1.52. The van der Waals surface area contributed by atoms with E-state index >= 15 is 0 Å². The Kier molecular flexibility index (Phi) is 1.97. The first kappa shape index (κ1) is 8.52. The van der Waals surface area contributed by atoms with Gasteiger partial charge in [0.2, 0.25) is 5.13 Å². The van der Waals surface area contributed by atoms with Crippen molar-refractivity contribution in [2.75, 3.05) is 5.73 Å². The number of halogens is 1. The summed E-state index contributed by atoms with van der Waals surface area (Å²) in [7, 11) is 0. The summed E-state index contributed by atoms with van der Waals surface area (Å²) < 4.78 is 1.58. The minimum absolute atomic E-state index is 0.328. The van der Waals surface area contributed by atoms with Gasteiger partial charge in [-0.1, -0.05) is 11.6 Å². The van der Waals surface area contributed by atoms with Gasteiger partial charge in [-0.2, -0.15) is 0 Å². The molecule has 0 saturated carbocycles. The summed E-state index contributed by atoms with van der Waals surface area (Å²) in [5.74, 6) is 0.328. The molecule has 68 valence electrons. The largest absolute Gasteiger partial charge is 0.381 e. The van der Waals surface area contributed by atoms with Crippen molar-refractivity contribution >= 4 is 28.8 Å². The normalized spacial score (nSPS) is 10.6. The fourth-order valence-electron chi connectivity index (χ4n) is 0.911. The molecule has 13 heavy (non-hydrogen) atoms. The second-order valence-electron chi connectivity index (χ2n) is 2.58. The summed E-state index contributed by atoms with van der Waals surface area (Å²) in [6, 6.07) is 0. The lowest BCUT2D eigenvalue weighted by Crippen LogP contribution is -1.95. The number of anilines is 1. The number of nitrogen functional groups attached to an aromatic ring is 1. The van der Waals surface area contributed by atoms with Gasteiger partial charge >= 0.3 is 0 Å².